The van der Waals surface area contributed by atoms with Crippen molar-refractivity contribution in [3.8, 4) is 5.75 Å². The molecule has 0 amide bonds. The molecule has 0 unspecified atom stereocenters. The first kappa shape index (κ1) is 63.1. The third-order valence-electron chi connectivity index (χ3n) is 12.0. The van der Waals surface area contributed by atoms with E-state index in [-0.39, 0.29) is 54.1 Å². The highest BCUT2D eigenvalue weighted by Gasteiger charge is 2.56. The lowest BCUT2D eigenvalue weighted by Gasteiger charge is -2.50. The summed E-state index contributed by atoms with van der Waals surface area (Å²) in [5.74, 6) is -0.424. The van der Waals surface area contributed by atoms with Gasteiger partial charge in [0.1, 0.15) is 24.1 Å². The Balaban J connectivity index is 1.49. The van der Waals surface area contributed by atoms with Crippen LogP contribution >= 0.6 is 16.3 Å². The van der Waals surface area contributed by atoms with Crippen LogP contribution in [0.5, 0.6) is 5.75 Å². The third-order valence-corrected chi connectivity index (χ3v) is 15.9. The minimum absolute atomic E-state index is 0.00188. The maximum absolute atomic E-state index is 14.7. The van der Waals surface area contributed by atoms with Gasteiger partial charge in [-0.3, -0.25) is 0 Å². The van der Waals surface area contributed by atoms with Crippen LogP contribution in [0.4, 0.5) is 105 Å². The standard InChI is InChI=1S/C51H30F24O6P2/c52-44(53,54)25-11-26(45(55,56)57)16-34(15-25)82(35-17-27(46(58,59)60)12-28(18-35)47(61,62)63)80-40-39-38(23-76-42(79-39)24-7-3-1-4-8-24)78-43(77-33-9-5-2-6-10-33)41(40)81-83(36-19-29(48(64,65)66)13-30(20-36)49(67,68)69)37-21-31(50(70,71)72)14-32(22-37)51(73,74)75/h1-22,38-43H,23H2/t38-,39-,40+,41-,42-,43-/m1/s1. The van der Waals surface area contributed by atoms with E-state index < -0.39 is 205 Å². The predicted molar refractivity (Wildman–Crippen MR) is 244 cm³/mol. The summed E-state index contributed by atoms with van der Waals surface area (Å²) in [7, 11) is -8.51. The first-order chi connectivity index (χ1) is 38.1. The summed E-state index contributed by atoms with van der Waals surface area (Å²) in [6.07, 6.45) is -60.9. The van der Waals surface area contributed by atoms with Crippen molar-refractivity contribution in [2.75, 3.05) is 6.61 Å². The molecule has 2 saturated heterocycles. The molecule has 2 fully saturated rings. The van der Waals surface area contributed by atoms with E-state index in [0.29, 0.717) is 0 Å². The van der Waals surface area contributed by atoms with E-state index >= 15 is 0 Å². The molecule has 448 valence electrons. The second kappa shape index (κ2) is 22.8. The van der Waals surface area contributed by atoms with Gasteiger partial charge in [-0.05, 0) is 84.9 Å². The Morgan fingerprint density at radius 2 is 0.639 bits per heavy atom. The zero-order valence-corrected chi connectivity index (χ0v) is 42.1. The molecule has 0 radical (unpaired) electrons. The molecule has 0 N–H and O–H groups in total. The van der Waals surface area contributed by atoms with Crippen molar-refractivity contribution in [2.24, 2.45) is 0 Å². The number of fused-ring (bicyclic) bond motifs is 1. The SMILES string of the molecule is FC(F)(F)c1cc(P(O[C@@H]2[C@@H](OP(c3cc(C(F)(F)F)cc(C(F)(F)F)c3)c3cc(C(F)(F)F)cc(C(F)(F)F)c3)[C@H](Oc3ccccc3)O[C@@H]3CO[C@@H](c4ccccc4)O[C@@H]23)c2cc(C(F)(F)F)cc(C(F)(F)F)c2)cc(C(F)(F)F)c1. The van der Waals surface area contributed by atoms with E-state index in [4.69, 9.17) is 28.0 Å². The van der Waals surface area contributed by atoms with Crippen molar-refractivity contribution in [1.29, 1.82) is 0 Å². The zero-order chi connectivity index (χ0) is 61.2. The molecule has 2 aliphatic rings. The molecule has 0 spiro atoms. The van der Waals surface area contributed by atoms with Gasteiger partial charge in [-0.15, -0.1) is 0 Å². The van der Waals surface area contributed by atoms with Gasteiger partial charge in [0.25, 0.3) is 0 Å². The fourth-order valence-corrected chi connectivity index (χ4v) is 12.4. The van der Waals surface area contributed by atoms with Gasteiger partial charge < -0.3 is 28.0 Å². The van der Waals surface area contributed by atoms with Gasteiger partial charge in [-0.25, -0.2) is 0 Å². The Kier molecular flexibility index (Phi) is 17.4. The molecule has 0 saturated carbocycles. The third kappa shape index (κ3) is 15.0. The smallest absolute Gasteiger partial charge is 0.416 e. The predicted octanol–water partition coefficient (Wildman–Crippen LogP) is 15.9. The highest BCUT2D eigenvalue weighted by molar-refractivity contribution is 7.69. The van der Waals surface area contributed by atoms with E-state index in [0.717, 1.165) is 12.1 Å². The van der Waals surface area contributed by atoms with Gasteiger partial charge in [0, 0.05) is 26.8 Å². The van der Waals surface area contributed by atoms with E-state index in [1.54, 1.807) is 0 Å². The van der Waals surface area contributed by atoms with Crippen LogP contribution in [0, 0.1) is 0 Å². The Labute approximate surface area is 452 Å². The summed E-state index contributed by atoms with van der Waals surface area (Å²) in [4.78, 5) is 0. The van der Waals surface area contributed by atoms with Gasteiger partial charge >= 0.3 is 49.4 Å². The molecule has 2 aliphatic heterocycles. The summed E-state index contributed by atoms with van der Waals surface area (Å²) in [5.41, 5.74) is -18.2. The number of para-hydroxylation sites is 1. The molecule has 0 aromatic heterocycles. The summed E-state index contributed by atoms with van der Waals surface area (Å²) < 4.78 is 388. The van der Waals surface area contributed by atoms with Crippen molar-refractivity contribution < 1.29 is 133 Å². The lowest BCUT2D eigenvalue weighted by Crippen LogP contribution is -2.64. The Hall–Kier alpha value is -5.90. The van der Waals surface area contributed by atoms with Crippen molar-refractivity contribution in [1.82, 2.24) is 0 Å². The van der Waals surface area contributed by atoms with Gasteiger partial charge in [-0.1, -0.05) is 48.5 Å². The first-order valence-electron chi connectivity index (χ1n) is 23.0. The monoisotopic (exact) mass is 1260 g/mol. The topological polar surface area (TPSA) is 55.4 Å². The Morgan fingerprint density at radius 1 is 0.349 bits per heavy atom. The number of hydrogen-bond donors (Lipinski definition) is 0. The van der Waals surface area contributed by atoms with Gasteiger partial charge in [0.2, 0.25) is 6.29 Å². The lowest BCUT2D eigenvalue weighted by molar-refractivity contribution is -0.342. The summed E-state index contributed by atoms with van der Waals surface area (Å²) in [6, 6.07) is 9.00. The number of ether oxygens (including phenoxy) is 4. The van der Waals surface area contributed by atoms with Gasteiger partial charge in [0.05, 0.1) is 67.4 Å². The molecule has 6 atom stereocenters. The Morgan fingerprint density at radius 3 is 0.940 bits per heavy atom. The second-order valence-electron chi connectivity index (χ2n) is 17.9. The number of alkyl halides is 24. The highest BCUT2D eigenvalue weighted by Crippen LogP contribution is 2.52. The van der Waals surface area contributed by atoms with Crippen molar-refractivity contribution in [3.63, 3.8) is 0 Å². The number of halogens is 24. The average Bonchev–Trinajstić information content (AvgIpc) is 3.58. The van der Waals surface area contributed by atoms with Crippen molar-refractivity contribution in [2.45, 2.75) is 86.4 Å². The molecule has 83 heavy (non-hydrogen) atoms. The van der Waals surface area contributed by atoms with Gasteiger partial charge in [0.15, 0.2) is 12.4 Å². The highest BCUT2D eigenvalue weighted by atomic mass is 31.1. The van der Waals surface area contributed by atoms with Crippen LogP contribution in [-0.2, 0) is 72.7 Å². The molecular weight excluding hydrogens is 1230 g/mol. The molecular formula is C51H30F24O6P2. The van der Waals surface area contributed by atoms with Crippen LogP contribution in [0.1, 0.15) is 56.4 Å². The van der Waals surface area contributed by atoms with Crippen molar-refractivity contribution in [3.05, 3.63) is 184 Å². The lowest BCUT2D eigenvalue weighted by atomic mass is 9.98. The van der Waals surface area contributed by atoms with Crippen molar-refractivity contribution >= 4 is 37.5 Å². The number of hydrogen-bond acceptors (Lipinski definition) is 6. The zero-order valence-electron chi connectivity index (χ0n) is 40.3. The van der Waals surface area contributed by atoms with Crippen LogP contribution < -0.4 is 26.0 Å². The van der Waals surface area contributed by atoms with E-state index in [2.05, 4.69) is 0 Å². The molecule has 32 heteroatoms. The van der Waals surface area contributed by atoms with E-state index in [1.807, 2.05) is 0 Å². The normalized spacial score (nSPS) is 20.7. The van der Waals surface area contributed by atoms with Crippen LogP contribution in [0.25, 0.3) is 0 Å². The molecule has 2 heterocycles. The molecule has 6 aromatic carbocycles. The van der Waals surface area contributed by atoms with Crippen LogP contribution in [0.3, 0.4) is 0 Å². The number of benzene rings is 6. The van der Waals surface area contributed by atoms with E-state index in [9.17, 15) is 105 Å². The summed E-state index contributed by atoms with van der Waals surface area (Å²) in [5, 5.41) is -6.17. The minimum Gasteiger partial charge on any atom is -0.462 e. The Bertz CT molecular complexity index is 2970. The largest absolute Gasteiger partial charge is 0.462 e. The average molecular weight is 1260 g/mol. The van der Waals surface area contributed by atoms with Crippen LogP contribution in [0.2, 0.25) is 0 Å². The van der Waals surface area contributed by atoms with Crippen LogP contribution in [-0.4, -0.2) is 37.3 Å². The molecule has 6 nitrogen and oxygen atoms in total. The van der Waals surface area contributed by atoms with Crippen LogP contribution in [0.15, 0.2) is 133 Å². The molecule has 6 aromatic rings. The summed E-state index contributed by atoms with van der Waals surface area (Å²) >= 11 is 0. The summed E-state index contributed by atoms with van der Waals surface area (Å²) in [6.45, 7) is -0.840. The molecule has 0 aliphatic carbocycles. The molecule has 8 rings (SSSR count). The minimum atomic E-state index is -5.84. The maximum Gasteiger partial charge on any atom is 0.416 e. The fourth-order valence-electron chi connectivity index (χ4n) is 8.29. The second-order valence-corrected chi connectivity index (χ2v) is 21.6. The maximum atomic E-state index is 14.7. The van der Waals surface area contributed by atoms with Gasteiger partial charge in [-0.2, -0.15) is 105 Å². The number of rotatable bonds is 11. The fraction of sp³-hybridized carbons (Fsp3) is 0.294. The molecule has 0 bridgehead atoms. The van der Waals surface area contributed by atoms with E-state index in [1.165, 1.54) is 48.5 Å². The first-order valence-corrected chi connectivity index (χ1v) is 25.5. The quantitative estimate of drug-likeness (QED) is 0.0952.